The lowest BCUT2D eigenvalue weighted by Crippen LogP contribution is -1.89. The maximum Gasteiger partial charge on any atom is 0.122 e. The van der Waals surface area contributed by atoms with Gasteiger partial charge >= 0.3 is 0 Å². The highest BCUT2D eigenvalue weighted by atomic mass is 16.5. The van der Waals surface area contributed by atoms with Crippen molar-refractivity contribution in [3.63, 3.8) is 0 Å². The summed E-state index contributed by atoms with van der Waals surface area (Å²) in [6.07, 6.45) is 3.50. The van der Waals surface area contributed by atoms with Crippen LogP contribution in [0.4, 0.5) is 0 Å². The summed E-state index contributed by atoms with van der Waals surface area (Å²) in [6, 6.07) is 7.66. The van der Waals surface area contributed by atoms with E-state index in [1.54, 1.807) is 19.5 Å². The van der Waals surface area contributed by atoms with E-state index in [9.17, 15) is 0 Å². The van der Waals surface area contributed by atoms with Crippen LogP contribution in [0, 0.1) is 6.92 Å². The van der Waals surface area contributed by atoms with Crippen molar-refractivity contribution in [2.45, 2.75) is 6.92 Å². The van der Waals surface area contributed by atoms with Crippen LogP contribution in [-0.4, -0.2) is 17.1 Å². The third kappa shape index (κ3) is 2.13. The molecule has 0 atom stereocenters. The highest BCUT2D eigenvalue weighted by Gasteiger charge is 2.02. The zero-order valence-corrected chi connectivity index (χ0v) is 8.77. The molecule has 0 N–H and O–H groups in total. The molecule has 2 aromatic heterocycles. The first-order valence-corrected chi connectivity index (χ1v) is 4.72. The van der Waals surface area contributed by atoms with Crippen LogP contribution < -0.4 is 4.74 Å². The Morgan fingerprint density at radius 3 is 2.33 bits per heavy atom. The second kappa shape index (κ2) is 4.09. The molecule has 2 rings (SSSR count). The predicted molar refractivity (Wildman–Crippen MR) is 58.8 cm³/mol. The maximum atomic E-state index is 5.14. The molecule has 15 heavy (non-hydrogen) atoms. The summed E-state index contributed by atoms with van der Waals surface area (Å²) in [6.45, 7) is 2.03. The van der Waals surface area contributed by atoms with E-state index in [2.05, 4.69) is 9.97 Å². The minimum absolute atomic E-state index is 0.795. The standard InChI is InChI=1S/C12H12N2O/c1-9-3-5-13-11(7-9)12-8-10(15-2)4-6-14-12/h3-8H,1-2H3. The molecule has 0 aliphatic carbocycles. The van der Waals surface area contributed by atoms with Gasteiger partial charge in [-0.3, -0.25) is 9.97 Å². The van der Waals surface area contributed by atoms with Gasteiger partial charge in [0.25, 0.3) is 0 Å². The van der Waals surface area contributed by atoms with Crippen molar-refractivity contribution >= 4 is 0 Å². The summed E-state index contributed by atoms with van der Waals surface area (Å²) < 4.78 is 5.14. The van der Waals surface area contributed by atoms with Crippen molar-refractivity contribution < 1.29 is 4.74 Å². The first kappa shape index (κ1) is 9.65. The van der Waals surface area contributed by atoms with E-state index < -0.39 is 0 Å². The SMILES string of the molecule is COc1ccnc(-c2cc(C)ccn2)c1. The topological polar surface area (TPSA) is 35.0 Å². The second-order valence-corrected chi connectivity index (χ2v) is 3.30. The van der Waals surface area contributed by atoms with Gasteiger partial charge in [-0.15, -0.1) is 0 Å². The van der Waals surface area contributed by atoms with Gasteiger partial charge in [-0.05, 0) is 30.7 Å². The molecule has 0 aliphatic rings. The Morgan fingerprint density at radius 1 is 1.00 bits per heavy atom. The molecule has 3 nitrogen and oxygen atoms in total. The molecule has 2 heterocycles. The number of rotatable bonds is 2. The van der Waals surface area contributed by atoms with E-state index >= 15 is 0 Å². The molecule has 0 aliphatic heterocycles. The second-order valence-electron chi connectivity index (χ2n) is 3.30. The molecule has 0 saturated carbocycles. The van der Waals surface area contributed by atoms with E-state index in [4.69, 9.17) is 4.74 Å². The van der Waals surface area contributed by atoms with E-state index in [0.29, 0.717) is 0 Å². The molecule has 76 valence electrons. The monoisotopic (exact) mass is 200 g/mol. The zero-order valence-electron chi connectivity index (χ0n) is 8.77. The van der Waals surface area contributed by atoms with E-state index in [-0.39, 0.29) is 0 Å². The zero-order chi connectivity index (χ0) is 10.7. The molecule has 0 saturated heterocycles. The van der Waals surface area contributed by atoms with Crippen LogP contribution in [0.2, 0.25) is 0 Å². The van der Waals surface area contributed by atoms with Gasteiger partial charge in [0.15, 0.2) is 0 Å². The normalized spacial score (nSPS) is 10.0. The van der Waals surface area contributed by atoms with Gasteiger partial charge in [-0.1, -0.05) is 0 Å². The fourth-order valence-corrected chi connectivity index (χ4v) is 1.35. The molecule has 0 aromatic carbocycles. The van der Waals surface area contributed by atoms with Crippen LogP contribution in [0.1, 0.15) is 5.56 Å². The molecule has 0 amide bonds. The van der Waals surface area contributed by atoms with Gasteiger partial charge in [0, 0.05) is 18.5 Å². The summed E-state index contributed by atoms with van der Waals surface area (Å²) in [5.41, 5.74) is 2.87. The van der Waals surface area contributed by atoms with Gasteiger partial charge in [0.05, 0.1) is 18.5 Å². The number of aryl methyl sites for hydroxylation is 1. The van der Waals surface area contributed by atoms with Crippen molar-refractivity contribution in [2.24, 2.45) is 0 Å². The van der Waals surface area contributed by atoms with E-state index in [0.717, 1.165) is 17.1 Å². The lowest BCUT2D eigenvalue weighted by molar-refractivity contribution is 0.414. The Labute approximate surface area is 88.8 Å². The lowest BCUT2D eigenvalue weighted by atomic mass is 10.2. The quantitative estimate of drug-likeness (QED) is 0.747. The molecule has 0 radical (unpaired) electrons. The Bertz CT molecular complexity index is 469. The van der Waals surface area contributed by atoms with Crippen LogP contribution in [0.25, 0.3) is 11.4 Å². The Morgan fingerprint density at radius 2 is 1.67 bits per heavy atom. The average Bonchev–Trinajstić information content (AvgIpc) is 2.29. The lowest BCUT2D eigenvalue weighted by Gasteiger charge is -2.03. The van der Waals surface area contributed by atoms with Gasteiger partial charge in [0.1, 0.15) is 5.75 Å². The van der Waals surface area contributed by atoms with Gasteiger partial charge in [0.2, 0.25) is 0 Å². The number of hydrogen-bond acceptors (Lipinski definition) is 3. The van der Waals surface area contributed by atoms with Crippen molar-refractivity contribution in [3.8, 4) is 17.1 Å². The first-order valence-electron chi connectivity index (χ1n) is 4.72. The smallest absolute Gasteiger partial charge is 0.122 e. The molecule has 3 heteroatoms. The van der Waals surface area contributed by atoms with Crippen LogP contribution in [0.3, 0.4) is 0 Å². The average molecular weight is 200 g/mol. The number of pyridine rings is 2. The maximum absolute atomic E-state index is 5.14. The predicted octanol–water partition coefficient (Wildman–Crippen LogP) is 2.46. The molecular formula is C12H12N2O. The van der Waals surface area contributed by atoms with Crippen LogP contribution in [-0.2, 0) is 0 Å². The Balaban J connectivity index is 2.44. The Kier molecular flexibility index (Phi) is 2.63. The van der Waals surface area contributed by atoms with Crippen molar-refractivity contribution in [2.75, 3.05) is 7.11 Å². The molecule has 0 fully saturated rings. The van der Waals surface area contributed by atoms with Crippen molar-refractivity contribution in [1.82, 2.24) is 9.97 Å². The summed E-state index contributed by atoms with van der Waals surface area (Å²) >= 11 is 0. The fourth-order valence-electron chi connectivity index (χ4n) is 1.35. The van der Waals surface area contributed by atoms with E-state index in [1.807, 2.05) is 31.2 Å². The van der Waals surface area contributed by atoms with Gasteiger partial charge in [-0.25, -0.2) is 0 Å². The Hall–Kier alpha value is -1.90. The van der Waals surface area contributed by atoms with E-state index in [1.165, 1.54) is 5.56 Å². The summed E-state index contributed by atoms with van der Waals surface area (Å²) in [4.78, 5) is 8.52. The summed E-state index contributed by atoms with van der Waals surface area (Å²) in [5, 5.41) is 0. The highest BCUT2D eigenvalue weighted by Crippen LogP contribution is 2.19. The number of hydrogen-bond donors (Lipinski definition) is 0. The van der Waals surface area contributed by atoms with Crippen LogP contribution >= 0.6 is 0 Å². The number of aromatic nitrogens is 2. The molecular weight excluding hydrogens is 188 g/mol. The highest BCUT2D eigenvalue weighted by molar-refractivity contribution is 5.56. The largest absolute Gasteiger partial charge is 0.497 e. The van der Waals surface area contributed by atoms with Gasteiger partial charge in [-0.2, -0.15) is 0 Å². The molecule has 0 spiro atoms. The third-order valence-electron chi connectivity index (χ3n) is 2.14. The van der Waals surface area contributed by atoms with Crippen molar-refractivity contribution in [1.29, 1.82) is 0 Å². The molecule has 2 aromatic rings. The van der Waals surface area contributed by atoms with Gasteiger partial charge < -0.3 is 4.74 Å². The van der Waals surface area contributed by atoms with Crippen molar-refractivity contribution in [3.05, 3.63) is 42.2 Å². The van der Waals surface area contributed by atoms with Crippen LogP contribution in [0.5, 0.6) is 5.75 Å². The first-order chi connectivity index (χ1) is 7.29. The summed E-state index contributed by atoms with van der Waals surface area (Å²) in [7, 11) is 1.64. The number of nitrogens with zero attached hydrogens (tertiary/aromatic N) is 2. The number of ether oxygens (including phenoxy) is 1. The molecule has 0 bridgehead atoms. The minimum Gasteiger partial charge on any atom is -0.497 e. The minimum atomic E-state index is 0.795. The summed E-state index contributed by atoms with van der Waals surface area (Å²) in [5.74, 6) is 0.795. The number of methoxy groups -OCH3 is 1. The fraction of sp³-hybridized carbons (Fsp3) is 0.167. The third-order valence-corrected chi connectivity index (χ3v) is 2.14. The van der Waals surface area contributed by atoms with Crippen LogP contribution in [0.15, 0.2) is 36.7 Å². The molecule has 0 unspecified atom stereocenters.